The van der Waals surface area contributed by atoms with Crippen molar-refractivity contribution < 1.29 is 0 Å². The summed E-state index contributed by atoms with van der Waals surface area (Å²) in [6.45, 7) is 0. The topological polar surface area (TPSA) is 0 Å². The Labute approximate surface area is 75.0 Å². The van der Waals surface area contributed by atoms with Crippen LogP contribution in [0.25, 0.3) is 0 Å². The fourth-order valence-electron chi connectivity index (χ4n) is 3.52. The number of allylic oxidation sites excluding steroid dienone is 2. The molecule has 1 atom stereocenters. The van der Waals surface area contributed by atoms with Gasteiger partial charge in [-0.2, -0.15) is 0 Å². The van der Waals surface area contributed by atoms with Crippen molar-refractivity contribution in [2.75, 3.05) is 0 Å². The Kier molecular flexibility index (Phi) is 1.56. The minimum Gasteiger partial charge on any atom is -0.0850 e. The van der Waals surface area contributed by atoms with Gasteiger partial charge in [0.1, 0.15) is 0 Å². The molecule has 0 saturated heterocycles. The molecule has 0 N–H and O–H groups in total. The molecule has 0 radical (unpaired) electrons. The van der Waals surface area contributed by atoms with E-state index < -0.39 is 0 Å². The summed E-state index contributed by atoms with van der Waals surface area (Å²) in [6, 6.07) is 0. The largest absolute Gasteiger partial charge is 0.0850 e. The molecule has 0 spiro atoms. The van der Waals surface area contributed by atoms with Crippen molar-refractivity contribution >= 4 is 0 Å². The van der Waals surface area contributed by atoms with Gasteiger partial charge in [0.2, 0.25) is 0 Å². The maximum Gasteiger partial charge on any atom is -0.0175 e. The fraction of sp³-hybridized carbons (Fsp3) is 0.833. The number of rotatable bonds is 1. The highest BCUT2D eigenvalue weighted by Gasteiger charge is 2.41. The molecular formula is C12H18. The SMILES string of the molecule is C1=C(C2CCC3CC2C3)CCC1. The molecule has 0 aromatic carbocycles. The zero-order valence-corrected chi connectivity index (χ0v) is 7.76. The maximum atomic E-state index is 2.54. The molecule has 4 rings (SSSR count). The van der Waals surface area contributed by atoms with Crippen LogP contribution in [0.1, 0.15) is 44.9 Å². The Balaban J connectivity index is 1.74. The second-order valence-corrected chi connectivity index (χ2v) is 4.95. The van der Waals surface area contributed by atoms with Crippen molar-refractivity contribution in [3.63, 3.8) is 0 Å². The predicted octanol–water partition coefficient (Wildman–Crippen LogP) is 3.53. The van der Waals surface area contributed by atoms with E-state index in [0.29, 0.717) is 0 Å². The third kappa shape index (κ3) is 0.967. The van der Waals surface area contributed by atoms with Crippen LogP contribution in [-0.4, -0.2) is 0 Å². The smallest absolute Gasteiger partial charge is 0.0175 e. The van der Waals surface area contributed by atoms with E-state index >= 15 is 0 Å². The van der Waals surface area contributed by atoms with Gasteiger partial charge in [0.15, 0.2) is 0 Å². The van der Waals surface area contributed by atoms with E-state index in [-0.39, 0.29) is 0 Å². The Morgan fingerprint density at radius 3 is 2.67 bits per heavy atom. The molecule has 3 saturated carbocycles. The molecule has 0 heteroatoms. The molecule has 4 aliphatic carbocycles. The molecule has 0 aliphatic heterocycles. The molecule has 3 fully saturated rings. The first-order valence-corrected chi connectivity index (χ1v) is 5.62. The van der Waals surface area contributed by atoms with Crippen LogP contribution in [-0.2, 0) is 0 Å². The van der Waals surface area contributed by atoms with Crippen LogP contribution in [0, 0.1) is 17.8 Å². The van der Waals surface area contributed by atoms with Crippen LogP contribution in [0.2, 0.25) is 0 Å². The Bertz CT molecular complexity index is 205. The molecule has 0 heterocycles. The van der Waals surface area contributed by atoms with E-state index in [1.165, 1.54) is 25.7 Å². The first-order chi connectivity index (χ1) is 5.93. The standard InChI is InChI=1S/C12H18/c1-2-4-10(3-1)12-6-5-9-7-11(12)8-9/h3,9,11-12H,1-2,4-8H2. The number of hydrogen-bond donors (Lipinski definition) is 0. The molecular weight excluding hydrogens is 144 g/mol. The quantitative estimate of drug-likeness (QED) is 0.517. The Morgan fingerprint density at radius 2 is 2.08 bits per heavy atom. The lowest BCUT2D eigenvalue weighted by Crippen LogP contribution is -2.36. The van der Waals surface area contributed by atoms with E-state index in [1.54, 1.807) is 19.3 Å². The van der Waals surface area contributed by atoms with Gasteiger partial charge in [-0.1, -0.05) is 11.6 Å². The molecule has 66 valence electrons. The van der Waals surface area contributed by atoms with E-state index in [1.807, 2.05) is 5.57 Å². The van der Waals surface area contributed by atoms with Crippen molar-refractivity contribution in [1.82, 2.24) is 0 Å². The van der Waals surface area contributed by atoms with Crippen LogP contribution >= 0.6 is 0 Å². The van der Waals surface area contributed by atoms with E-state index in [4.69, 9.17) is 0 Å². The summed E-state index contributed by atoms with van der Waals surface area (Å²) < 4.78 is 0. The molecule has 0 aromatic rings. The zero-order valence-electron chi connectivity index (χ0n) is 7.76. The highest BCUT2D eigenvalue weighted by molar-refractivity contribution is 5.15. The van der Waals surface area contributed by atoms with Gasteiger partial charge in [-0.3, -0.25) is 0 Å². The third-order valence-corrected chi connectivity index (χ3v) is 4.28. The summed E-state index contributed by atoms with van der Waals surface area (Å²) in [6.07, 6.45) is 13.0. The van der Waals surface area contributed by atoms with Crippen molar-refractivity contribution in [2.24, 2.45) is 17.8 Å². The minimum atomic E-state index is 1.04. The molecule has 2 bridgehead atoms. The summed E-state index contributed by atoms with van der Waals surface area (Å²) in [5.74, 6) is 3.30. The molecule has 0 amide bonds. The van der Waals surface area contributed by atoms with Crippen LogP contribution in [0.3, 0.4) is 0 Å². The number of fused-ring (bicyclic) bond motifs is 2. The van der Waals surface area contributed by atoms with Gasteiger partial charge in [-0.15, -0.1) is 0 Å². The van der Waals surface area contributed by atoms with Gasteiger partial charge >= 0.3 is 0 Å². The van der Waals surface area contributed by atoms with Gasteiger partial charge in [-0.25, -0.2) is 0 Å². The zero-order chi connectivity index (χ0) is 7.97. The van der Waals surface area contributed by atoms with Gasteiger partial charge in [0.05, 0.1) is 0 Å². The summed E-state index contributed by atoms with van der Waals surface area (Å²) in [5, 5.41) is 0. The van der Waals surface area contributed by atoms with E-state index in [9.17, 15) is 0 Å². The summed E-state index contributed by atoms with van der Waals surface area (Å²) in [7, 11) is 0. The molecule has 0 aromatic heterocycles. The fourth-order valence-corrected chi connectivity index (χ4v) is 3.52. The van der Waals surface area contributed by atoms with Crippen molar-refractivity contribution in [1.29, 1.82) is 0 Å². The normalized spacial score (nSPS) is 45.3. The molecule has 12 heavy (non-hydrogen) atoms. The Hall–Kier alpha value is -0.260. The van der Waals surface area contributed by atoms with Crippen LogP contribution in [0.5, 0.6) is 0 Å². The van der Waals surface area contributed by atoms with Crippen molar-refractivity contribution in [3.8, 4) is 0 Å². The summed E-state index contributed by atoms with van der Waals surface area (Å²) in [4.78, 5) is 0. The minimum absolute atomic E-state index is 1.04. The summed E-state index contributed by atoms with van der Waals surface area (Å²) in [5.41, 5.74) is 1.85. The lowest BCUT2D eigenvalue weighted by Gasteiger charge is -2.47. The van der Waals surface area contributed by atoms with Crippen LogP contribution in [0.4, 0.5) is 0 Å². The first-order valence-electron chi connectivity index (χ1n) is 5.62. The first kappa shape index (κ1) is 7.17. The van der Waals surface area contributed by atoms with Crippen LogP contribution < -0.4 is 0 Å². The van der Waals surface area contributed by atoms with Crippen LogP contribution in [0.15, 0.2) is 11.6 Å². The summed E-state index contributed by atoms with van der Waals surface area (Å²) >= 11 is 0. The van der Waals surface area contributed by atoms with E-state index in [0.717, 1.165) is 17.8 Å². The molecule has 4 aliphatic rings. The predicted molar refractivity (Wildman–Crippen MR) is 50.9 cm³/mol. The van der Waals surface area contributed by atoms with E-state index in [2.05, 4.69) is 6.08 Å². The highest BCUT2D eigenvalue weighted by Crippen LogP contribution is 2.52. The van der Waals surface area contributed by atoms with Gasteiger partial charge < -0.3 is 0 Å². The van der Waals surface area contributed by atoms with Gasteiger partial charge in [0.25, 0.3) is 0 Å². The lowest BCUT2D eigenvalue weighted by atomic mass is 9.58. The van der Waals surface area contributed by atoms with Gasteiger partial charge in [-0.05, 0) is 62.7 Å². The highest BCUT2D eigenvalue weighted by atomic mass is 14.5. The average molecular weight is 162 g/mol. The van der Waals surface area contributed by atoms with Crippen molar-refractivity contribution in [2.45, 2.75) is 44.9 Å². The monoisotopic (exact) mass is 162 g/mol. The number of hydrogen-bond acceptors (Lipinski definition) is 0. The maximum absolute atomic E-state index is 2.54. The molecule has 0 nitrogen and oxygen atoms in total. The van der Waals surface area contributed by atoms with Crippen molar-refractivity contribution in [3.05, 3.63) is 11.6 Å². The Morgan fingerprint density at radius 1 is 1.17 bits per heavy atom. The average Bonchev–Trinajstić information content (AvgIpc) is 2.54. The lowest BCUT2D eigenvalue weighted by molar-refractivity contribution is 0.0674. The second-order valence-electron chi connectivity index (χ2n) is 4.95. The van der Waals surface area contributed by atoms with Gasteiger partial charge in [0, 0.05) is 0 Å². The molecule has 1 unspecified atom stereocenters. The second kappa shape index (κ2) is 2.61. The third-order valence-electron chi connectivity index (χ3n) is 4.28.